The van der Waals surface area contributed by atoms with E-state index >= 15 is 0 Å². The van der Waals surface area contributed by atoms with E-state index in [2.05, 4.69) is 19.7 Å². The summed E-state index contributed by atoms with van der Waals surface area (Å²) < 4.78 is 2.09. The molecule has 0 aliphatic carbocycles. The van der Waals surface area contributed by atoms with Gasteiger partial charge in [0.1, 0.15) is 5.82 Å². The summed E-state index contributed by atoms with van der Waals surface area (Å²) in [6.45, 7) is 0.896. The highest BCUT2D eigenvalue weighted by molar-refractivity contribution is 7.99. The number of hydrogen-bond acceptors (Lipinski definition) is 5. The highest BCUT2D eigenvalue weighted by Crippen LogP contribution is 2.30. The predicted octanol–water partition coefficient (Wildman–Crippen LogP) is 2.25. The summed E-state index contributed by atoms with van der Waals surface area (Å²) in [6.07, 6.45) is 7.42. The van der Waals surface area contributed by atoms with Crippen molar-refractivity contribution in [2.75, 3.05) is 0 Å². The van der Waals surface area contributed by atoms with Gasteiger partial charge in [0.2, 0.25) is 0 Å². The first-order chi connectivity index (χ1) is 9.75. The van der Waals surface area contributed by atoms with E-state index in [4.69, 9.17) is 0 Å². The van der Waals surface area contributed by atoms with Crippen LogP contribution in [0.15, 0.2) is 28.5 Å². The van der Waals surface area contributed by atoms with Crippen molar-refractivity contribution in [3.05, 3.63) is 29.8 Å². The van der Waals surface area contributed by atoms with Gasteiger partial charge in [-0.1, -0.05) is 6.42 Å². The first kappa shape index (κ1) is 13.1. The van der Waals surface area contributed by atoms with Crippen LogP contribution in [0.1, 0.15) is 35.4 Å². The summed E-state index contributed by atoms with van der Waals surface area (Å²) in [7, 11) is 0. The molecule has 0 bridgehead atoms. The molecule has 2 aromatic rings. The molecule has 0 amide bonds. The van der Waals surface area contributed by atoms with Gasteiger partial charge < -0.3 is 9.67 Å². The molecule has 1 aliphatic rings. The third-order valence-electron chi connectivity index (χ3n) is 3.29. The Hall–Kier alpha value is -1.89. The van der Waals surface area contributed by atoms with Crippen LogP contribution in [-0.4, -0.2) is 30.8 Å². The van der Waals surface area contributed by atoms with Crippen LogP contribution in [0.3, 0.4) is 0 Å². The van der Waals surface area contributed by atoms with Crippen molar-refractivity contribution >= 4 is 17.7 Å². The van der Waals surface area contributed by atoms with Crippen molar-refractivity contribution in [3.8, 4) is 0 Å². The molecule has 0 fully saturated rings. The van der Waals surface area contributed by atoms with Gasteiger partial charge >= 0.3 is 5.97 Å². The maximum Gasteiger partial charge on any atom is 0.336 e. The number of carboxylic acids is 1. The van der Waals surface area contributed by atoms with E-state index in [1.807, 2.05) is 0 Å². The van der Waals surface area contributed by atoms with Crippen molar-refractivity contribution in [1.82, 2.24) is 19.7 Å². The van der Waals surface area contributed by atoms with E-state index in [0.29, 0.717) is 4.90 Å². The number of carbonyl (C=O) groups is 1. The van der Waals surface area contributed by atoms with Crippen molar-refractivity contribution in [3.63, 3.8) is 0 Å². The third kappa shape index (κ3) is 2.53. The van der Waals surface area contributed by atoms with Gasteiger partial charge in [-0.25, -0.2) is 4.79 Å². The van der Waals surface area contributed by atoms with Crippen molar-refractivity contribution in [1.29, 1.82) is 0 Å². The van der Waals surface area contributed by atoms with Crippen molar-refractivity contribution in [2.24, 2.45) is 0 Å². The number of aromatic nitrogens is 4. The van der Waals surface area contributed by atoms with Gasteiger partial charge in [0.15, 0.2) is 5.16 Å². The van der Waals surface area contributed by atoms with E-state index in [1.54, 1.807) is 6.20 Å². The predicted molar refractivity (Wildman–Crippen MR) is 72.9 cm³/mol. The highest BCUT2D eigenvalue weighted by atomic mass is 32.2. The zero-order valence-electron chi connectivity index (χ0n) is 10.8. The molecule has 1 aliphatic heterocycles. The number of aryl methyl sites for hydroxylation is 1. The zero-order valence-corrected chi connectivity index (χ0v) is 11.6. The quantitative estimate of drug-likeness (QED) is 0.933. The maximum absolute atomic E-state index is 11.2. The van der Waals surface area contributed by atoms with Gasteiger partial charge in [-0.2, -0.15) is 0 Å². The summed E-state index contributed by atoms with van der Waals surface area (Å²) in [6, 6.07) is 1.50. The Balaban J connectivity index is 1.92. The topological polar surface area (TPSA) is 80.9 Å². The second-order valence-corrected chi connectivity index (χ2v) is 5.65. The molecule has 7 heteroatoms. The molecular weight excluding hydrogens is 276 g/mol. The van der Waals surface area contributed by atoms with E-state index < -0.39 is 5.97 Å². The molecule has 3 rings (SSSR count). The van der Waals surface area contributed by atoms with Gasteiger partial charge in [-0.05, 0) is 30.7 Å². The Morgan fingerprint density at radius 1 is 1.30 bits per heavy atom. The molecule has 0 saturated heterocycles. The van der Waals surface area contributed by atoms with Gasteiger partial charge in [0.05, 0.1) is 5.56 Å². The smallest absolute Gasteiger partial charge is 0.336 e. The average molecular weight is 290 g/mol. The molecular formula is C13H14N4O2S. The van der Waals surface area contributed by atoms with Crippen LogP contribution in [0.5, 0.6) is 0 Å². The molecule has 104 valence electrons. The molecule has 2 aromatic heterocycles. The minimum absolute atomic E-state index is 0.246. The van der Waals surface area contributed by atoms with E-state index in [0.717, 1.165) is 36.8 Å². The lowest BCUT2D eigenvalue weighted by atomic mass is 10.2. The highest BCUT2D eigenvalue weighted by Gasteiger charge is 2.18. The summed E-state index contributed by atoms with van der Waals surface area (Å²) in [5, 5.41) is 18.3. The van der Waals surface area contributed by atoms with Crippen LogP contribution in [0.4, 0.5) is 0 Å². The molecule has 0 saturated carbocycles. The van der Waals surface area contributed by atoms with Crippen LogP contribution in [-0.2, 0) is 13.0 Å². The number of rotatable bonds is 3. The average Bonchev–Trinajstić information content (AvgIpc) is 2.68. The third-order valence-corrected chi connectivity index (χ3v) is 4.32. The number of carboxylic acid groups (broad SMARTS) is 1. The second-order valence-electron chi connectivity index (χ2n) is 4.64. The van der Waals surface area contributed by atoms with Gasteiger partial charge in [0.25, 0.3) is 0 Å². The fourth-order valence-corrected chi connectivity index (χ4v) is 3.23. The standard InChI is InChI=1S/C13H14N4O2S/c18-12(19)9-5-6-14-8-10(9)20-13-16-15-11-4-2-1-3-7-17(11)13/h5-6,8H,1-4,7H2,(H,18,19). The first-order valence-electron chi connectivity index (χ1n) is 6.53. The minimum Gasteiger partial charge on any atom is -0.478 e. The molecule has 3 heterocycles. The Morgan fingerprint density at radius 3 is 3.05 bits per heavy atom. The van der Waals surface area contributed by atoms with Crippen molar-refractivity contribution in [2.45, 2.75) is 42.3 Å². The summed E-state index contributed by atoms with van der Waals surface area (Å²) in [5.74, 6) is 0.0382. The summed E-state index contributed by atoms with van der Waals surface area (Å²) >= 11 is 1.32. The molecule has 1 N–H and O–H groups in total. The van der Waals surface area contributed by atoms with E-state index in [-0.39, 0.29) is 5.56 Å². The van der Waals surface area contributed by atoms with Gasteiger partial charge in [-0.15, -0.1) is 10.2 Å². The number of fused-ring (bicyclic) bond motifs is 1. The molecule has 0 unspecified atom stereocenters. The Labute approximate surface area is 120 Å². The second kappa shape index (κ2) is 5.62. The summed E-state index contributed by atoms with van der Waals surface area (Å²) in [5.41, 5.74) is 0.246. The maximum atomic E-state index is 11.2. The molecule has 0 radical (unpaired) electrons. The Kier molecular flexibility index (Phi) is 3.68. The molecule has 0 atom stereocenters. The Bertz CT molecular complexity index is 641. The van der Waals surface area contributed by atoms with Crippen molar-refractivity contribution < 1.29 is 9.90 Å². The number of nitrogens with zero attached hydrogens (tertiary/aromatic N) is 4. The molecule has 0 spiro atoms. The largest absolute Gasteiger partial charge is 0.478 e. The molecule has 0 aromatic carbocycles. The number of hydrogen-bond donors (Lipinski definition) is 1. The number of aromatic carboxylic acids is 1. The molecule has 20 heavy (non-hydrogen) atoms. The van der Waals surface area contributed by atoms with Crippen LogP contribution in [0.2, 0.25) is 0 Å². The normalized spacial score (nSPS) is 14.6. The van der Waals surface area contributed by atoms with E-state index in [9.17, 15) is 9.90 Å². The van der Waals surface area contributed by atoms with Crippen LogP contribution in [0.25, 0.3) is 0 Å². The first-order valence-corrected chi connectivity index (χ1v) is 7.34. The minimum atomic E-state index is -0.953. The molecule has 6 nitrogen and oxygen atoms in total. The van der Waals surface area contributed by atoms with Crippen LogP contribution < -0.4 is 0 Å². The summed E-state index contributed by atoms with van der Waals surface area (Å²) in [4.78, 5) is 15.8. The fourth-order valence-electron chi connectivity index (χ4n) is 2.27. The van der Waals surface area contributed by atoms with Crippen LogP contribution in [0, 0.1) is 0 Å². The monoisotopic (exact) mass is 290 g/mol. The van der Waals surface area contributed by atoms with E-state index in [1.165, 1.54) is 30.4 Å². The van der Waals surface area contributed by atoms with Crippen LogP contribution >= 0.6 is 11.8 Å². The fraction of sp³-hybridized carbons (Fsp3) is 0.385. The number of pyridine rings is 1. The Morgan fingerprint density at radius 2 is 2.20 bits per heavy atom. The zero-order chi connectivity index (χ0) is 13.9. The lowest BCUT2D eigenvalue weighted by Gasteiger charge is -2.07. The lowest BCUT2D eigenvalue weighted by Crippen LogP contribution is -2.03. The van der Waals surface area contributed by atoms with Gasteiger partial charge in [0, 0.05) is 30.3 Å². The SMILES string of the molecule is O=C(O)c1ccncc1Sc1nnc2n1CCCCC2. The van der Waals surface area contributed by atoms with Gasteiger partial charge in [-0.3, -0.25) is 4.98 Å². The lowest BCUT2D eigenvalue weighted by molar-refractivity contribution is 0.0693.